The summed E-state index contributed by atoms with van der Waals surface area (Å²) >= 11 is 0. The molecule has 0 aliphatic heterocycles. The number of allylic oxidation sites excluding steroid dienone is 3. The number of halogens is 1. The topological polar surface area (TPSA) is 50.4 Å². The monoisotopic (exact) mass is 275 g/mol. The Labute approximate surface area is 119 Å². The Bertz CT molecular complexity index is 508. The lowest BCUT2D eigenvalue weighted by Crippen LogP contribution is -2.17. The largest absolute Gasteiger partial charge is 0.402 e. The molecule has 0 amide bonds. The fourth-order valence-electron chi connectivity index (χ4n) is 2.47. The van der Waals surface area contributed by atoms with Gasteiger partial charge in [-0.2, -0.15) is 0 Å². The quantitative estimate of drug-likeness (QED) is 0.758. The van der Waals surface area contributed by atoms with E-state index in [1.165, 1.54) is 18.9 Å². The van der Waals surface area contributed by atoms with E-state index in [0.29, 0.717) is 18.3 Å². The highest BCUT2D eigenvalue weighted by Crippen LogP contribution is 2.37. The average molecular weight is 275 g/mol. The highest BCUT2D eigenvalue weighted by atomic mass is 19.1. The predicted molar refractivity (Wildman–Crippen MR) is 79.9 cm³/mol. The predicted octanol–water partition coefficient (Wildman–Crippen LogP) is 2.82. The number of likely N-dealkylation sites (N-methyl/N-ethyl adjacent to an activating group) is 1. The fraction of sp³-hybridized carbons (Fsp3) is 0.562. The van der Waals surface area contributed by atoms with Gasteiger partial charge >= 0.3 is 0 Å². The zero-order chi connectivity index (χ0) is 14.1. The summed E-state index contributed by atoms with van der Waals surface area (Å²) in [7, 11) is 1.80. The van der Waals surface area contributed by atoms with Crippen LogP contribution in [0.5, 0.6) is 0 Å². The van der Waals surface area contributed by atoms with Gasteiger partial charge in [0.25, 0.3) is 0 Å². The molecule has 3 rings (SSSR count). The van der Waals surface area contributed by atoms with Crippen LogP contribution in [0.1, 0.15) is 32.1 Å². The van der Waals surface area contributed by atoms with Gasteiger partial charge < -0.3 is 11.1 Å². The van der Waals surface area contributed by atoms with E-state index in [9.17, 15) is 4.39 Å². The summed E-state index contributed by atoms with van der Waals surface area (Å²) < 4.78 is 14.1. The second-order valence-electron chi connectivity index (χ2n) is 5.94. The van der Waals surface area contributed by atoms with Crippen LogP contribution in [-0.2, 0) is 0 Å². The summed E-state index contributed by atoms with van der Waals surface area (Å²) in [5.74, 6) is 0.879. The number of nitrogens with two attached hydrogens (primary N) is 1. The van der Waals surface area contributed by atoms with Gasteiger partial charge in [-0.3, -0.25) is 4.99 Å². The van der Waals surface area contributed by atoms with Crippen molar-refractivity contribution in [2.24, 2.45) is 22.6 Å². The molecule has 3 aliphatic carbocycles. The van der Waals surface area contributed by atoms with Gasteiger partial charge in [0, 0.05) is 30.1 Å². The summed E-state index contributed by atoms with van der Waals surface area (Å²) in [4.78, 5) is 4.64. The van der Waals surface area contributed by atoms with Crippen molar-refractivity contribution in [3.8, 4) is 0 Å². The molecule has 0 aromatic rings. The van der Waals surface area contributed by atoms with Crippen LogP contribution in [0.15, 0.2) is 40.4 Å². The third kappa shape index (κ3) is 3.11. The summed E-state index contributed by atoms with van der Waals surface area (Å²) in [6.45, 7) is 0. The fourth-order valence-corrected chi connectivity index (χ4v) is 2.47. The zero-order valence-corrected chi connectivity index (χ0v) is 11.9. The van der Waals surface area contributed by atoms with Crippen LogP contribution in [0.25, 0.3) is 0 Å². The first-order valence-corrected chi connectivity index (χ1v) is 7.47. The van der Waals surface area contributed by atoms with Crippen molar-refractivity contribution in [1.82, 2.24) is 5.32 Å². The van der Waals surface area contributed by atoms with Gasteiger partial charge in [-0.05, 0) is 50.2 Å². The molecule has 2 saturated carbocycles. The molecule has 0 heterocycles. The molecule has 0 saturated heterocycles. The summed E-state index contributed by atoms with van der Waals surface area (Å²) in [6.07, 6.45) is 10.8. The lowest BCUT2D eigenvalue weighted by atomic mass is 10.1. The number of rotatable bonds is 5. The minimum Gasteiger partial charge on any atom is -0.402 e. The number of nitrogens with zero attached hydrogens (tertiary/aromatic N) is 1. The standard InChI is InChI=1S/C16H22FN3/c1-19-12-6-7-15(13(17)8-12)20-16(11-4-5-11)9-14(18)10-2-3-10/h6,8-11,15,19H,2-5,7,18H2,1H3. The van der Waals surface area contributed by atoms with Gasteiger partial charge in [0.05, 0.1) is 0 Å². The Kier molecular flexibility index (Phi) is 3.64. The maximum atomic E-state index is 14.1. The lowest BCUT2D eigenvalue weighted by molar-refractivity contribution is 0.533. The highest BCUT2D eigenvalue weighted by Gasteiger charge is 2.30. The summed E-state index contributed by atoms with van der Waals surface area (Å²) in [5, 5.41) is 2.96. The molecule has 0 radical (unpaired) electrons. The number of nitrogens with one attached hydrogen (secondary N) is 1. The number of hydrogen-bond donors (Lipinski definition) is 2. The molecule has 1 atom stereocenters. The summed E-state index contributed by atoms with van der Waals surface area (Å²) in [5.41, 5.74) is 8.84. The van der Waals surface area contributed by atoms with Gasteiger partial charge in [0.1, 0.15) is 11.9 Å². The normalized spacial score (nSPS) is 28.0. The molecular formula is C16H22FN3. The third-order valence-corrected chi connectivity index (χ3v) is 4.13. The van der Waals surface area contributed by atoms with E-state index < -0.39 is 0 Å². The highest BCUT2D eigenvalue weighted by molar-refractivity contribution is 5.99. The molecule has 2 fully saturated rings. The van der Waals surface area contributed by atoms with Gasteiger partial charge in [-0.1, -0.05) is 6.08 Å². The Morgan fingerprint density at radius 2 is 2.05 bits per heavy atom. The smallest absolute Gasteiger partial charge is 0.127 e. The van der Waals surface area contributed by atoms with Crippen molar-refractivity contribution in [3.63, 3.8) is 0 Å². The number of hydrogen-bond acceptors (Lipinski definition) is 3. The Balaban J connectivity index is 1.76. The van der Waals surface area contributed by atoms with Crippen LogP contribution in [-0.4, -0.2) is 18.8 Å². The molecule has 3 aliphatic rings. The van der Waals surface area contributed by atoms with E-state index in [1.54, 1.807) is 7.05 Å². The SMILES string of the molecule is CNC1=CCC(N=C(C=C(N)C2CC2)C2CC2)C(F)=C1. The maximum absolute atomic E-state index is 14.1. The van der Waals surface area contributed by atoms with E-state index >= 15 is 0 Å². The van der Waals surface area contributed by atoms with Crippen molar-refractivity contribution in [2.45, 2.75) is 38.1 Å². The molecule has 1 unspecified atom stereocenters. The van der Waals surface area contributed by atoms with Crippen molar-refractivity contribution in [2.75, 3.05) is 7.05 Å². The molecule has 20 heavy (non-hydrogen) atoms. The van der Waals surface area contributed by atoms with E-state index in [-0.39, 0.29) is 11.9 Å². The van der Waals surface area contributed by atoms with Crippen LogP contribution < -0.4 is 11.1 Å². The van der Waals surface area contributed by atoms with Gasteiger partial charge in [-0.15, -0.1) is 0 Å². The molecule has 3 nitrogen and oxygen atoms in total. The minimum absolute atomic E-state index is 0.159. The Morgan fingerprint density at radius 1 is 1.35 bits per heavy atom. The molecule has 0 aromatic carbocycles. The Morgan fingerprint density at radius 3 is 2.60 bits per heavy atom. The molecular weight excluding hydrogens is 253 g/mol. The first-order chi connectivity index (χ1) is 9.67. The van der Waals surface area contributed by atoms with Gasteiger partial charge in [0.2, 0.25) is 0 Å². The van der Waals surface area contributed by atoms with Crippen molar-refractivity contribution >= 4 is 5.71 Å². The molecule has 0 aromatic heterocycles. The van der Waals surface area contributed by atoms with Gasteiger partial charge in [0.15, 0.2) is 0 Å². The third-order valence-electron chi connectivity index (χ3n) is 4.13. The van der Waals surface area contributed by atoms with Crippen LogP contribution in [0.3, 0.4) is 0 Å². The first-order valence-electron chi connectivity index (χ1n) is 7.47. The van der Waals surface area contributed by atoms with E-state index in [4.69, 9.17) is 5.73 Å². The van der Waals surface area contributed by atoms with Crippen LogP contribution in [0, 0.1) is 11.8 Å². The van der Waals surface area contributed by atoms with E-state index in [2.05, 4.69) is 10.3 Å². The summed E-state index contributed by atoms with van der Waals surface area (Å²) in [6, 6.07) is -0.369. The van der Waals surface area contributed by atoms with Crippen LogP contribution in [0.4, 0.5) is 4.39 Å². The Hall–Kier alpha value is -1.58. The lowest BCUT2D eigenvalue weighted by Gasteiger charge is -2.16. The molecule has 3 N–H and O–H groups in total. The molecule has 0 bridgehead atoms. The van der Waals surface area contributed by atoms with E-state index in [0.717, 1.165) is 29.9 Å². The van der Waals surface area contributed by atoms with Crippen LogP contribution in [0.2, 0.25) is 0 Å². The molecule has 108 valence electrons. The zero-order valence-electron chi connectivity index (χ0n) is 11.9. The number of aliphatic imine (C=N–C) groups is 1. The first kappa shape index (κ1) is 13.4. The van der Waals surface area contributed by atoms with Crippen molar-refractivity contribution in [1.29, 1.82) is 0 Å². The average Bonchev–Trinajstić information content (AvgIpc) is 3.31. The van der Waals surface area contributed by atoms with E-state index in [1.807, 2.05) is 12.2 Å². The van der Waals surface area contributed by atoms with Gasteiger partial charge in [-0.25, -0.2) is 4.39 Å². The second kappa shape index (κ2) is 5.43. The molecule has 4 heteroatoms. The maximum Gasteiger partial charge on any atom is 0.127 e. The van der Waals surface area contributed by atoms with Crippen LogP contribution >= 0.6 is 0 Å². The second-order valence-corrected chi connectivity index (χ2v) is 5.94. The minimum atomic E-state index is -0.369. The molecule has 0 spiro atoms. The van der Waals surface area contributed by atoms with Crippen molar-refractivity contribution < 1.29 is 4.39 Å². The van der Waals surface area contributed by atoms with Crippen molar-refractivity contribution in [3.05, 3.63) is 35.4 Å².